The quantitative estimate of drug-likeness (QED) is 0.845. The lowest BCUT2D eigenvalue weighted by Gasteiger charge is -2.22. The number of amides is 1. The first-order valence-corrected chi connectivity index (χ1v) is 8.06. The minimum absolute atomic E-state index is 0. The van der Waals surface area contributed by atoms with Crippen LogP contribution >= 0.6 is 24.0 Å². The van der Waals surface area contributed by atoms with Crippen molar-refractivity contribution in [3.63, 3.8) is 0 Å². The van der Waals surface area contributed by atoms with Crippen LogP contribution in [0.15, 0.2) is 18.2 Å². The highest BCUT2D eigenvalue weighted by molar-refractivity contribution is 6.31. The molecule has 1 aliphatic rings. The van der Waals surface area contributed by atoms with Gasteiger partial charge in [0.1, 0.15) is 5.82 Å². The van der Waals surface area contributed by atoms with Crippen LogP contribution < -0.4 is 16.0 Å². The van der Waals surface area contributed by atoms with Crippen LogP contribution in [0.1, 0.15) is 26.7 Å². The summed E-state index contributed by atoms with van der Waals surface area (Å²) in [5.74, 6) is -0.360. The molecule has 0 aromatic heterocycles. The summed E-state index contributed by atoms with van der Waals surface area (Å²) in [5, 5.41) is 3.12. The molecule has 0 spiro atoms. The SMILES string of the molecule is CCC(C)C(N)C(=O)NC1CCN(c2ccc(F)c(Cl)c2)C1.Cl. The molecule has 3 N–H and O–H groups in total. The summed E-state index contributed by atoms with van der Waals surface area (Å²) in [6, 6.07) is 4.27. The van der Waals surface area contributed by atoms with Gasteiger partial charge in [-0.05, 0) is 30.5 Å². The first-order valence-electron chi connectivity index (χ1n) is 7.68. The molecule has 1 amide bonds. The number of carbonyl (C=O) groups is 1. The lowest BCUT2D eigenvalue weighted by Crippen LogP contribution is -2.49. The van der Waals surface area contributed by atoms with E-state index in [0.717, 1.165) is 25.1 Å². The summed E-state index contributed by atoms with van der Waals surface area (Å²) in [6.07, 6.45) is 1.72. The molecule has 1 heterocycles. The van der Waals surface area contributed by atoms with E-state index < -0.39 is 11.9 Å². The van der Waals surface area contributed by atoms with Gasteiger partial charge in [0.25, 0.3) is 0 Å². The Hall–Kier alpha value is -1.04. The Labute approximate surface area is 148 Å². The number of halogens is 3. The van der Waals surface area contributed by atoms with Gasteiger partial charge in [-0.15, -0.1) is 12.4 Å². The van der Waals surface area contributed by atoms with Gasteiger partial charge in [-0.2, -0.15) is 0 Å². The number of hydrogen-bond donors (Lipinski definition) is 2. The molecule has 3 atom stereocenters. The normalized spacial score (nSPS) is 19.9. The van der Waals surface area contributed by atoms with Crippen molar-refractivity contribution in [3.05, 3.63) is 29.0 Å². The van der Waals surface area contributed by atoms with Gasteiger partial charge in [-0.25, -0.2) is 4.39 Å². The van der Waals surface area contributed by atoms with E-state index >= 15 is 0 Å². The summed E-state index contributed by atoms with van der Waals surface area (Å²) in [4.78, 5) is 14.2. The van der Waals surface area contributed by atoms with E-state index in [1.807, 2.05) is 13.8 Å². The predicted octanol–water partition coefficient (Wildman–Crippen LogP) is 2.97. The summed E-state index contributed by atoms with van der Waals surface area (Å²) < 4.78 is 13.2. The molecule has 23 heavy (non-hydrogen) atoms. The maximum atomic E-state index is 13.2. The van der Waals surface area contributed by atoms with Gasteiger partial charge in [0.15, 0.2) is 0 Å². The third kappa shape index (κ3) is 4.96. The van der Waals surface area contributed by atoms with Crippen LogP contribution in [0, 0.1) is 11.7 Å². The highest BCUT2D eigenvalue weighted by Crippen LogP contribution is 2.25. The standard InChI is InChI=1S/C16H23ClFN3O.ClH/c1-3-10(2)15(19)16(22)20-11-6-7-21(9-11)12-4-5-14(18)13(17)8-12;/h4-5,8,10-11,15H,3,6-7,9,19H2,1-2H3,(H,20,22);1H. The second kappa shape index (κ2) is 8.71. The number of rotatable bonds is 5. The topological polar surface area (TPSA) is 58.4 Å². The molecule has 0 saturated carbocycles. The van der Waals surface area contributed by atoms with Crippen LogP contribution in [0.5, 0.6) is 0 Å². The van der Waals surface area contributed by atoms with E-state index in [1.165, 1.54) is 6.07 Å². The van der Waals surface area contributed by atoms with Gasteiger partial charge in [0.05, 0.1) is 11.1 Å². The van der Waals surface area contributed by atoms with Crippen molar-refractivity contribution >= 4 is 35.6 Å². The second-order valence-electron chi connectivity index (χ2n) is 5.95. The van der Waals surface area contributed by atoms with Crippen LogP contribution in [0.3, 0.4) is 0 Å². The number of nitrogens with one attached hydrogen (secondary N) is 1. The van der Waals surface area contributed by atoms with Crippen LogP contribution in [-0.4, -0.2) is 31.1 Å². The van der Waals surface area contributed by atoms with E-state index in [4.69, 9.17) is 17.3 Å². The van der Waals surface area contributed by atoms with Gasteiger partial charge in [-0.3, -0.25) is 4.79 Å². The number of carbonyl (C=O) groups excluding carboxylic acids is 1. The Morgan fingerprint density at radius 1 is 1.57 bits per heavy atom. The molecule has 0 aliphatic carbocycles. The average Bonchev–Trinajstić information content (AvgIpc) is 2.96. The highest BCUT2D eigenvalue weighted by Gasteiger charge is 2.27. The van der Waals surface area contributed by atoms with Crippen molar-refractivity contribution < 1.29 is 9.18 Å². The molecule has 1 aromatic rings. The molecular weight excluding hydrogens is 340 g/mol. The molecule has 3 unspecified atom stereocenters. The van der Waals surface area contributed by atoms with Crippen LogP contribution in [-0.2, 0) is 4.79 Å². The minimum atomic E-state index is -0.473. The first-order chi connectivity index (χ1) is 10.4. The molecule has 0 radical (unpaired) electrons. The van der Waals surface area contributed by atoms with Crippen LogP contribution in [0.25, 0.3) is 0 Å². The van der Waals surface area contributed by atoms with Crippen LogP contribution in [0.4, 0.5) is 10.1 Å². The van der Waals surface area contributed by atoms with Gasteiger partial charge in [0, 0.05) is 24.8 Å². The smallest absolute Gasteiger partial charge is 0.237 e. The van der Waals surface area contributed by atoms with Gasteiger partial charge < -0.3 is 16.0 Å². The summed E-state index contributed by atoms with van der Waals surface area (Å²) >= 11 is 5.82. The van der Waals surface area contributed by atoms with Crippen molar-refractivity contribution in [2.24, 2.45) is 11.7 Å². The van der Waals surface area contributed by atoms with Crippen molar-refractivity contribution in [3.8, 4) is 0 Å². The lowest BCUT2D eigenvalue weighted by molar-refractivity contribution is -0.124. The Balaban J connectivity index is 0.00000264. The molecule has 7 heteroatoms. The molecule has 130 valence electrons. The third-order valence-electron chi connectivity index (χ3n) is 4.36. The maximum absolute atomic E-state index is 13.2. The van der Waals surface area contributed by atoms with E-state index in [2.05, 4.69) is 10.2 Å². The fourth-order valence-electron chi connectivity index (χ4n) is 2.60. The van der Waals surface area contributed by atoms with Crippen molar-refractivity contribution in [1.82, 2.24) is 5.32 Å². The summed E-state index contributed by atoms with van der Waals surface area (Å²) in [7, 11) is 0. The van der Waals surface area contributed by atoms with E-state index in [1.54, 1.807) is 12.1 Å². The highest BCUT2D eigenvalue weighted by atomic mass is 35.5. The van der Waals surface area contributed by atoms with E-state index in [0.29, 0.717) is 6.54 Å². The Morgan fingerprint density at radius 3 is 2.87 bits per heavy atom. The van der Waals surface area contributed by atoms with Gasteiger partial charge >= 0.3 is 0 Å². The van der Waals surface area contributed by atoms with Gasteiger partial charge in [-0.1, -0.05) is 31.9 Å². The summed E-state index contributed by atoms with van der Waals surface area (Å²) in [5.41, 5.74) is 6.82. The maximum Gasteiger partial charge on any atom is 0.237 e. The van der Waals surface area contributed by atoms with E-state index in [9.17, 15) is 9.18 Å². The number of anilines is 1. The van der Waals surface area contributed by atoms with Crippen molar-refractivity contribution in [1.29, 1.82) is 0 Å². The average molecular weight is 364 g/mol. The van der Waals surface area contributed by atoms with Gasteiger partial charge in [0.2, 0.25) is 5.91 Å². The molecule has 1 aromatic carbocycles. The molecule has 2 rings (SSSR count). The Bertz CT molecular complexity index is 544. The molecular formula is C16H24Cl2FN3O. The second-order valence-corrected chi connectivity index (χ2v) is 6.36. The molecule has 1 fully saturated rings. The van der Waals surface area contributed by atoms with Crippen LogP contribution in [0.2, 0.25) is 5.02 Å². The summed E-state index contributed by atoms with van der Waals surface area (Å²) in [6.45, 7) is 5.48. The number of nitrogens with zero attached hydrogens (tertiary/aromatic N) is 1. The number of benzene rings is 1. The molecule has 1 aliphatic heterocycles. The van der Waals surface area contributed by atoms with E-state index in [-0.39, 0.29) is 35.3 Å². The predicted molar refractivity (Wildman–Crippen MR) is 94.8 cm³/mol. The number of nitrogens with two attached hydrogens (primary N) is 1. The van der Waals surface area contributed by atoms with Crippen molar-refractivity contribution in [2.75, 3.05) is 18.0 Å². The van der Waals surface area contributed by atoms with Crippen molar-refractivity contribution in [2.45, 2.75) is 38.8 Å². The lowest BCUT2D eigenvalue weighted by atomic mass is 9.99. The fraction of sp³-hybridized carbons (Fsp3) is 0.562. The Morgan fingerprint density at radius 2 is 2.26 bits per heavy atom. The zero-order valence-electron chi connectivity index (χ0n) is 13.4. The zero-order chi connectivity index (χ0) is 16.3. The molecule has 1 saturated heterocycles. The third-order valence-corrected chi connectivity index (χ3v) is 4.65. The molecule has 4 nitrogen and oxygen atoms in total. The monoisotopic (exact) mass is 363 g/mol. The largest absolute Gasteiger partial charge is 0.369 e. The Kier molecular flexibility index (Phi) is 7.58. The number of hydrogen-bond acceptors (Lipinski definition) is 3. The molecule has 0 bridgehead atoms. The first kappa shape index (κ1) is 20.0. The fourth-order valence-corrected chi connectivity index (χ4v) is 2.78. The zero-order valence-corrected chi connectivity index (χ0v) is 15.0. The minimum Gasteiger partial charge on any atom is -0.369 e.